The minimum absolute atomic E-state index is 0. The molecule has 2 radical (unpaired) electrons. The van der Waals surface area contributed by atoms with E-state index in [1.54, 1.807) is 0 Å². The number of hydrogen-bond acceptors (Lipinski definition) is 2. The van der Waals surface area contributed by atoms with Crippen molar-refractivity contribution in [3.8, 4) is 0 Å². The van der Waals surface area contributed by atoms with Gasteiger partial charge in [-0.15, -0.1) is 0 Å². The number of carboxylic acids is 1. The van der Waals surface area contributed by atoms with E-state index in [-0.39, 0.29) is 33.7 Å². The zero-order valence-electron chi connectivity index (χ0n) is 14.3. The van der Waals surface area contributed by atoms with Crippen molar-refractivity contribution in [2.24, 2.45) is 0 Å². The number of unbranched alkanes of at least 4 members (excludes halogenated alkanes) is 14. The second kappa shape index (κ2) is 20.4. The molecule has 0 heterocycles. The molecule has 0 saturated carbocycles. The Balaban J connectivity index is 0. The van der Waals surface area contributed by atoms with Gasteiger partial charge < -0.3 is 9.90 Å². The van der Waals surface area contributed by atoms with Gasteiger partial charge in [-0.05, 0) is 12.8 Å². The first-order valence-corrected chi connectivity index (χ1v) is 8.97. The topological polar surface area (TPSA) is 40.1 Å². The molecule has 3 heteroatoms. The molecular weight excluding hydrogens is 455 g/mol. The first-order valence-electron chi connectivity index (χ1n) is 8.97. The van der Waals surface area contributed by atoms with Gasteiger partial charge in [0.15, 0.2) is 0 Å². The number of hydrogen-bond donors (Lipinski definition) is 0. The Hall–Kier alpha value is 0.392. The molecule has 0 aromatic heterocycles. The molecule has 2 nitrogen and oxygen atoms in total. The van der Waals surface area contributed by atoms with Gasteiger partial charge in [-0.1, -0.05) is 96.8 Å². The molecule has 0 atom stereocenters. The van der Waals surface area contributed by atoms with Crippen LogP contribution in [0.5, 0.6) is 0 Å². The predicted octanol–water partition coefficient (Wildman–Crippen LogP) is 4.08. The van der Waals surface area contributed by atoms with Crippen LogP contribution < -0.4 is 5.11 Å². The summed E-state index contributed by atoms with van der Waals surface area (Å²) >= 11 is 0. The third kappa shape index (κ3) is 22.8. The van der Waals surface area contributed by atoms with E-state index in [9.17, 15) is 9.90 Å². The van der Waals surface area contributed by atoms with Crippen LogP contribution in [0, 0.1) is 0 Å². The Kier molecular flexibility index (Phi) is 23.0. The number of carbonyl (C=O) groups is 1. The Labute approximate surface area is 152 Å². The van der Waals surface area contributed by atoms with E-state index in [1.165, 1.54) is 83.5 Å². The van der Waals surface area contributed by atoms with E-state index < -0.39 is 5.97 Å². The van der Waals surface area contributed by atoms with Gasteiger partial charge in [-0.3, -0.25) is 0 Å². The SMILES string of the molecule is CCCCCCCCCCCCCCCCCC(=O)[O-].[PbH2]. The number of aliphatic carboxylic acids is 1. The molecule has 0 N–H and O–H groups in total. The van der Waals surface area contributed by atoms with Gasteiger partial charge >= 0.3 is 27.3 Å². The fourth-order valence-electron chi connectivity index (χ4n) is 2.64. The van der Waals surface area contributed by atoms with Crippen LogP contribution in [0.2, 0.25) is 0 Å². The van der Waals surface area contributed by atoms with Crippen LogP contribution >= 0.6 is 0 Å². The third-order valence-electron chi connectivity index (χ3n) is 3.98. The zero-order chi connectivity index (χ0) is 14.9. The van der Waals surface area contributed by atoms with E-state index >= 15 is 0 Å². The van der Waals surface area contributed by atoms with Crippen molar-refractivity contribution < 1.29 is 9.90 Å². The van der Waals surface area contributed by atoms with Crippen molar-refractivity contribution in [3.05, 3.63) is 0 Å². The van der Waals surface area contributed by atoms with E-state index in [4.69, 9.17) is 0 Å². The van der Waals surface area contributed by atoms with E-state index in [2.05, 4.69) is 6.92 Å². The molecule has 0 aromatic rings. The second-order valence-corrected chi connectivity index (χ2v) is 6.07. The van der Waals surface area contributed by atoms with Crippen LogP contribution in [0.1, 0.15) is 110 Å². The van der Waals surface area contributed by atoms with Crippen LogP contribution in [0.3, 0.4) is 0 Å². The normalized spacial score (nSPS) is 10.3. The van der Waals surface area contributed by atoms with Gasteiger partial charge in [0.2, 0.25) is 0 Å². The van der Waals surface area contributed by atoms with Gasteiger partial charge in [-0.2, -0.15) is 0 Å². The molecule has 0 bridgehead atoms. The molecule has 21 heavy (non-hydrogen) atoms. The molecule has 0 saturated heterocycles. The molecule has 0 amide bonds. The maximum absolute atomic E-state index is 10.2. The zero-order valence-corrected chi connectivity index (χ0v) is 19.8. The van der Waals surface area contributed by atoms with Crippen molar-refractivity contribution in [1.82, 2.24) is 0 Å². The Morgan fingerprint density at radius 2 is 0.905 bits per heavy atom. The standard InChI is InChI=1S/C18H36O2.Pb.2H/c1-2-3-4-5-6-7-8-9-10-11-12-13-14-15-16-17-18(19)20;;;/h2-17H2,1H3,(H,19,20);;;/p-1. The van der Waals surface area contributed by atoms with Crippen LogP contribution in [-0.2, 0) is 4.79 Å². The second-order valence-electron chi connectivity index (χ2n) is 6.07. The van der Waals surface area contributed by atoms with E-state index in [1.807, 2.05) is 0 Å². The molecule has 0 unspecified atom stereocenters. The van der Waals surface area contributed by atoms with Crippen LogP contribution in [0.4, 0.5) is 0 Å². The summed E-state index contributed by atoms with van der Waals surface area (Å²) in [6, 6.07) is 0. The maximum atomic E-state index is 10.2. The minimum atomic E-state index is -0.903. The number of carbonyl (C=O) groups excluding carboxylic acids is 1. The van der Waals surface area contributed by atoms with Gasteiger partial charge in [0, 0.05) is 5.97 Å². The number of carboxylic acid groups (broad SMARTS) is 1. The molecule has 0 aliphatic rings. The molecule has 0 rings (SSSR count). The van der Waals surface area contributed by atoms with Crippen molar-refractivity contribution >= 4 is 33.3 Å². The van der Waals surface area contributed by atoms with Crippen molar-refractivity contribution in [2.75, 3.05) is 0 Å². The molecule has 0 aliphatic heterocycles. The van der Waals surface area contributed by atoms with Gasteiger partial charge in [-0.25, -0.2) is 0 Å². The summed E-state index contributed by atoms with van der Waals surface area (Å²) in [7, 11) is 0. The Morgan fingerprint density at radius 3 is 1.19 bits per heavy atom. The molecular formula is C18H37O2Pb-. The first-order chi connectivity index (χ1) is 9.77. The monoisotopic (exact) mass is 493 g/mol. The van der Waals surface area contributed by atoms with Crippen molar-refractivity contribution in [1.29, 1.82) is 0 Å². The Bertz CT molecular complexity index is 207. The summed E-state index contributed by atoms with van der Waals surface area (Å²) in [5.41, 5.74) is 0. The molecule has 126 valence electrons. The first kappa shape index (κ1) is 23.7. The third-order valence-corrected chi connectivity index (χ3v) is 3.98. The summed E-state index contributed by atoms with van der Waals surface area (Å²) in [4.78, 5) is 10.2. The van der Waals surface area contributed by atoms with Gasteiger partial charge in [0.1, 0.15) is 0 Å². The summed E-state index contributed by atoms with van der Waals surface area (Å²) in [6.07, 6.45) is 19.9. The van der Waals surface area contributed by atoms with Crippen LogP contribution in [0.15, 0.2) is 0 Å². The van der Waals surface area contributed by atoms with Crippen molar-refractivity contribution in [2.45, 2.75) is 110 Å². The number of rotatable bonds is 16. The molecule has 0 fully saturated rings. The average Bonchev–Trinajstić information content (AvgIpc) is 2.43. The summed E-state index contributed by atoms with van der Waals surface area (Å²) in [5.74, 6) is -0.903. The summed E-state index contributed by atoms with van der Waals surface area (Å²) in [5, 5.41) is 10.2. The molecule has 0 aromatic carbocycles. The molecule has 0 aliphatic carbocycles. The fourth-order valence-corrected chi connectivity index (χ4v) is 2.64. The Morgan fingerprint density at radius 1 is 0.619 bits per heavy atom. The summed E-state index contributed by atoms with van der Waals surface area (Å²) in [6.45, 7) is 2.27. The van der Waals surface area contributed by atoms with Crippen molar-refractivity contribution in [3.63, 3.8) is 0 Å². The predicted molar refractivity (Wildman–Crippen MR) is 93.1 cm³/mol. The van der Waals surface area contributed by atoms with Crippen LogP contribution in [0.25, 0.3) is 0 Å². The van der Waals surface area contributed by atoms with E-state index in [0.29, 0.717) is 0 Å². The fraction of sp³-hybridized carbons (Fsp3) is 0.944. The van der Waals surface area contributed by atoms with Gasteiger partial charge in [0.25, 0.3) is 0 Å². The van der Waals surface area contributed by atoms with E-state index in [0.717, 1.165) is 12.8 Å². The van der Waals surface area contributed by atoms with Gasteiger partial charge in [0.05, 0.1) is 0 Å². The van der Waals surface area contributed by atoms with Crippen LogP contribution in [-0.4, -0.2) is 33.3 Å². The average molecular weight is 493 g/mol. The molecule has 0 spiro atoms. The summed E-state index contributed by atoms with van der Waals surface area (Å²) < 4.78 is 0. The quantitative estimate of drug-likeness (QED) is 0.241.